The molecule has 0 aromatic carbocycles. The van der Waals surface area contributed by atoms with Gasteiger partial charge in [0.15, 0.2) is 5.13 Å². The minimum Gasteiger partial charge on any atom is -0.390 e. The molecule has 1 N–H and O–H groups in total. The van der Waals surface area contributed by atoms with E-state index in [0.29, 0.717) is 0 Å². The van der Waals surface area contributed by atoms with Crippen LogP contribution >= 0.6 is 11.3 Å². The van der Waals surface area contributed by atoms with Crippen LogP contribution in [0.5, 0.6) is 0 Å². The molecule has 13 heavy (non-hydrogen) atoms. The molecule has 1 aromatic heterocycles. The highest BCUT2D eigenvalue weighted by molar-refractivity contribution is 7.10. The Morgan fingerprint density at radius 2 is 2.15 bits per heavy atom. The van der Waals surface area contributed by atoms with Crippen molar-refractivity contribution in [2.24, 2.45) is 0 Å². The number of hydrogen-bond donors (Lipinski definition) is 1. The second-order valence-corrected chi connectivity index (χ2v) is 4.99. The van der Waals surface area contributed by atoms with Crippen LogP contribution < -0.4 is 0 Å². The van der Waals surface area contributed by atoms with Crippen molar-refractivity contribution < 1.29 is 9.50 Å². The van der Waals surface area contributed by atoms with Crippen LogP contribution in [0.3, 0.4) is 0 Å². The number of hydrogen-bond acceptors (Lipinski definition) is 2. The zero-order valence-corrected chi connectivity index (χ0v) is 8.83. The highest BCUT2D eigenvalue weighted by Gasteiger charge is 2.11. The molecule has 0 radical (unpaired) electrons. The number of aliphatic hydroxyl groups is 1. The van der Waals surface area contributed by atoms with Crippen LogP contribution in [0.15, 0.2) is 12.1 Å². The molecule has 0 bridgehead atoms. The van der Waals surface area contributed by atoms with E-state index in [1.807, 2.05) is 6.07 Å². The average molecular weight is 202 g/mol. The quantitative estimate of drug-likeness (QED) is 0.795. The van der Waals surface area contributed by atoms with E-state index in [4.69, 9.17) is 0 Å². The Balaban J connectivity index is 2.28. The molecule has 3 heteroatoms. The lowest BCUT2D eigenvalue weighted by Crippen LogP contribution is -2.18. The van der Waals surface area contributed by atoms with Gasteiger partial charge in [0.1, 0.15) is 0 Å². The molecule has 0 saturated heterocycles. The van der Waals surface area contributed by atoms with Gasteiger partial charge in [0.05, 0.1) is 5.60 Å². The van der Waals surface area contributed by atoms with E-state index in [9.17, 15) is 9.50 Å². The molecule has 1 rings (SSSR count). The molecule has 0 atom stereocenters. The molecule has 0 aliphatic heterocycles. The van der Waals surface area contributed by atoms with Crippen molar-refractivity contribution in [1.29, 1.82) is 0 Å². The lowest BCUT2D eigenvalue weighted by Gasteiger charge is -2.15. The van der Waals surface area contributed by atoms with Crippen molar-refractivity contribution in [1.82, 2.24) is 0 Å². The Labute approximate surface area is 82.2 Å². The Bertz CT molecular complexity index is 262. The van der Waals surface area contributed by atoms with E-state index in [2.05, 4.69) is 0 Å². The van der Waals surface area contributed by atoms with Gasteiger partial charge < -0.3 is 5.11 Å². The van der Waals surface area contributed by atoms with Crippen molar-refractivity contribution in [3.8, 4) is 0 Å². The smallest absolute Gasteiger partial charge is 0.176 e. The van der Waals surface area contributed by atoms with Gasteiger partial charge in [0, 0.05) is 4.88 Å². The fourth-order valence-corrected chi connectivity index (χ4v) is 1.95. The van der Waals surface area contributed by atoms with Gasteiger partial charge in [-0.2, -0.15) is 4.39 Å². The van der Waals surface area contributed by atoms with Gasteiger partial charge in [0.25, 0.3) is 0 Å². The minimum absolute atomic E-state index is 0.127. The highest BCUT2D eigenvalue weighted by Crippen LogP contribution is 2.19. The SMILES string of the molecule is CC(C)(O)CCCc1ccc(F)s1. The van der Waals surface area contributed by atoms with E-state index in [0.717, 1.165) is 24.1 Å². The van der Waals surface area contributed by atoms with Gasteiger partial charge in [-0.25, -0.2) is 0 Å². The number of aryl methyl sites for hydroxylation is 1. The molecule has 0 saturated carbocycles. The molecule has 0 amide bonds. The number of halogens is 1. The van der Waals surface area contributed by atoms with Crippen molar-refractivity contribution >= 4 is 11.3 Å². The third-order valence-electron chi connectivity index (χ3n) is 1.84. The van der Waals surface area contributed by atoms with E-state index in [-0.39, 0.29) is 5.13 Å². The average Bonchev–Trinajstić information content (AvgIpc) is 2.33. The summed E-state index contributed by atoms with van der Waals surface area (Å²) in [5.41, 5.74) is -0.601. The standard InChI is InChI=1S/C10H15FOS/c1-10(2,12)7-3-4-8-5-6-9(11)13-8/h5-6,12H,3-4,7H2,1-2H3. The molecule has 0 spiro atoms. The molecule has 74 valence electrons. The van der Waals surface area contributed by atoms with Gasteiger partial charge in [0.2, 0.25) is 0 Å². The van der Waals surface area contributed by atoms with Gasteiger partial charge in [-0.15, -0.1) is 11.3 Å². The van der Waals surface area contributed by atoms with E-state index >= 15 is 0 Å². The van der Waals surface area contributed by atoms with Crippen molar-refractivity contribution in [2.75, 3.05) is 0 Å². The Morgan fingerprint density at radius 1 is 1.46 bits per heavy atom. The van der Waals surface area contributed by atoms with Crippen LogP contribution in [0.1, 0.15) is 31.6 Å². The molecular formula is C10H15FOS. The van der Waals surface area contributed by atoms with Crippen LogP contribution in [0.25, 0.3) is 0 Å². The summed E-state index contributed by atoms with van der Waals surface area (Å²) in [6.07, 6.45) is 2.52. The van der Waals surface area contributed by atoms with E-state index in [1.165, 1.54) is 17.4 Å². The summed E-state index contributed by atoms with van der Waals surface area (Å²) in [6.45, 7) is 3.59. The van der Waals surface area contributed by atoms with Crippen LogP contribution in [-0.2, 0) is 6.42 Å². The van der Waals surface area contributed by atoms with Crippen molar-refractivity contribution in [3.63, 3.8) is 0 Å². The van der Waals surface area contributed by atoms with Crippen LogP contribution in [0.4, 0.5) is 4.39 Å². The normalized spacial score (nSPS) is 12.0. The van der Waals surface area contributed by atoms with Crippen molar-refractivity contribution in [2.45, 2.75) is 38.7 Å². The monoisotopic (exact) mass is 202 g/mol. The summed E-state index contributed by atoms with van der Waals surface area (Å²) in [4.78, 5) is 1.06. The van der Waals surface area contributed by atoms with Gasteiger partial charge in [-0.05, 0) is 45.2 Å². The molecule has 1 nitrogen and oxygen atoms in total. The predicted molar refractivity (Wildman–Crippen MR) is 53.5 cm³/mol. The maximum atomic E-state index is 12.6. The third-order valence-corrected chi connectivity index (χ3v) is 2.77. The molecule has 1 heterocycles. The first kappa shape index (κ1) is 10.7. The second kappa shape index (κ2) is 4.20. The predicted octanol–water partition coefficient (Wildman–Crippen LogP) is 2.98. The molecule has 0 aliphatic rings. The maximum Gasteiger partial charge on any atom is 0.176 e. The van der Waals surface area contributed by atoms with E-state index < -0.39 is 5.60 Å². The summed E-state index contributed by atoms with van der Waals surface area (Å²) in [6, 6.07) is 3.30. The van der Waals surface area contributed by atoms with E-state index in [1.54, 1.807) is 13.8 Å². The maximum absolute atomic E-state index is 12.6. The first-order valence-corrected chi connectivity index (χ1v) is 5.26. The van der Waals surface area contributed by atoms with Gasteiger partial charge in [-0.3, -0.25) is 0 Å². The van der Waals surface area contributed by atoms with Crippen LogP contribution in [-0.4, -0.2) is 10.7 Å². The number of thiophene rings is 1. The van der Waals surface area contributed by atoms with Crippen molar-refractivity contribution in [3.05, 3.63) is 22.1 Å². The summed E-state index contributed by atoms with van der Waals surface area (Å²) < 4.78 is 12.6. The first-order chi connectivity index (χ1) is 5.97. The summed E-state index contributed by atoms with van der Waals surface area (Å²) in [5.74, 6) is 0. The first-order valence-electron chi connectivity index (χ1n) is 4.44. The highest BCUT2D eigenvalue weighted by atomic mass is 32.1. The summed E-state index contributed by atoms with van der Waals surface area (Å²) in [7, 11) is 0. The zero-order valence-electron chi connectivity index (χ0n) is 8.01. The molecule has 0 fully saturated rings. The fraction of sp³-hybridized carbons (Fsp3) is 0.600. The number of rotatable bonds is 4. The molecule has 0 unspecified atom stereocenters. The summed E-state index contributed by atoms with van der Waals surface area (Å²) >= 11 is 1.19. The third kappa shape index (κ3) is 4.39. The Morgan fingerprint density at radius 3 is 2.62 bits per heavy atom. The van der Waals surface area contributed by atoms with Crippen LogP contribution in [0.2, 0.25) is 0 Å². The molecule has 0 aliphatic carbocycles. The Kier molecular flexibility index (Phi) is 3.45. The largest absolute Gasteiger partial charge is 0.390 e. The zero-order chi connectivity index (χ0) is 9.90. The van der Waals surface area contributed by atoms with Crippen LogP contribution in [0, 0.1) is 5.13 Å². The topological polar surface area (TPSA) is 20.2 Å². The Hall–Kier alpha value is -0.410. The van der Waals surface area contributed by atoms with Gasteiger partial charge >= 0.3 is 0 Å². The molecular weight excluding hydrogens is 187 g/mol. The summed E-state index contributed by atoms with van der Waals surface area (Å²) in [5, 5.41) is 9.30. The fourth-order valence-electron chi connectivity index (χ4n) is 1.18. The molecule has 1 aromatic rings. The lowest BCUT2D eigenvalue weighted by molar-refractivity contribution is 0.0690. The lowest BCUT2D eigenvalue weighted by atomic mass is 10.0. The minimum atomic E-state index is -0.601. The second-order valence-electron chi connectivity index (χ2n) is 3.87. The van der Waals surface area contributed by atoms with Gasteiger partial charge in [-0.1, -0.05) is 0 Å².